The van der Waals surface area contributed by atoms with Crippen molar-refractivity contribution in [2.24, 2.45) is 5.73 Å². The number of rotatable bonds is 10. The molecule has 0 aromatic heterocycles. The predicted octanol–water partition coefficient (Wildman–Crippen LogP) is 1.92. The minimum atomic E-state index is -0.524. The van der Waals surface area contributed by atoms with Crippen molar-refractivity contribution in [3.05, 3.63) is 53.1 Å². The molecule has 2 aromatic rings. The summed E-state index contributed by atoms with van der Waals surface area (Å²) in [4.78, 5) is 35.8. The van der Waals surface area contributed by atoms with Crippen molar-refractivity contribution in [3.63, 3.8) is 0 Å². The first-order chi connectivity index (χ1) is 15.0. The molecule has 5 N–H and O–H groups in total. The van der Waals surface area contributed by atoms with Crippen LogP contribution in [0.3, 0.4) is 0 Å². The largest absolute Gasteiger partial charge is 0.395 e. The van der Waals surface area contributed by atoms with Crippen molar-refractivity contribution in [2.75, 3.05) is 25.1 Å². The van der Waals surface area contributed by atoms with E-state index in [2.05, 4.69) is 20.1 Å². The lowest BCUT2D eigenvalue weighted by Crippen LogP contribution is -2.26. The Hall–Kier alpha value is -2.80. The van der Waals surface area contributed by atoms with E-state index in [1.165, 1.54) is 0 Å². The quantitative estimate of drug-likeness (QED) is 0.329. The number of primary amides is 1. The van der Waals surface area contributed by atoms with Crippen LogP contribution in [0.4, 0.5) is 5.69 Å². The molecule has 0 fully saturated rings. The van der Waals surface area contributed by atoms with Gasteiger partial charge in [-0.25, -0.2) is 0 Å². The number of nitrogens with one attached hydrogen (secondary N) is 2. The van der Waals surface area contributed by atoms with Crippen LogP contribution in [0.1, 0.15) is 46.7 Å². The number of carbonyl (C=O) groups is 3. The van der Waals surface area contributed by atoms with E-state index in [9.17, 15) is 19.5 Å². The highest BCUT2D eigenvalue weighted by atomic mass is 31.0. The first kappa shape index (κ1) is 22.9. The Morgan fingerprint density at radius 2 is 1.87 bits per heavy atom. The Bertz CT molecular complexity index is 995. The summed E-state index contributed by atoms with van der Waals surface area (Å²) in [5.41, 5.74) is 9.78. The highest BCUT2D eigenvalue weighted by Crippen LogP contribution is 2.47. The lowest BCUT2D eigenvalue weighted by Gasteiger charge is -2.12. The van der Waals surface area contributed by atoms with Crippen molar-refractivity contribution in [1.82, 2.24) is 5.32 Å². The van der Waals surface area contributed by atoms with Gasteiger partial charge in [-0.15, -0.1) is 0 Å². The average Bonchev–Trinajstić information content (AvgIpc) is 3.06. The molecule has 0 bridgehead atoms. The minimum Gasteiger partial charge on any atom is -0.395 e. The SMILES string of the molecule is NC(=O)c1cccc2c1-c1ccc(NC(=O)CCCC(=O)NCCOP)cc1C2CO. The second-order valence-corrected chi connectivity index (χ2v) is 7.63. The fourth-order valence-corrected chi connectivity index (χ4v) is 3.98. The maximum absolute atomic E-state index is 12.3. The van der Waals surface area contributed by atoms with E-state index in [-0.39, 0.29) is 37.2 Å². The zero-order valence-electron chi connectivity index (χ0n) is 17.0. The topological polar surface area (TPSA) is 131 Å². The molecule has 0 saturated carbocycles. The van der Waals surface area contributed by atoms with Crippen molar-refractivity contribution in [1.29, 1.82) is 0 Å². The van der Waals surface area contributed by atoms with Crippen molar-refractivity contribution < 1.29 is 24.0 Å². The molecule has 9 heteroatoms. The molecule has 8 nitrogen and oxygen atoms in total. The van der Waals surface area contributed by atoms with Gasteiger partial charge in [-0.3, -0.25) is 14.4 Å². The number of carbonyl (C=O) groups excluding carboxylic acids is 3. The number of aliphatic hydroxyl groups is 1. The van der Waals surface area contributed by atoms with Crippen molar-refractivity contribution >= 4 is 32.9 Å². The smallest absolute Gasteiger partial charge is 0.249 e. The molecule has 164 valence electrons. The van der Waals surface area contributed by atoms with Crippen molar-refractivity contribution in [3.8, 4) is 11.1 Å². The van der Waals surface area contributed by atoms with Gasteiger partial charge in [-0.05, 0) is 46.9 Å². The van der Waals surface area contributed by atoms with Crippen LogP contribution in [-0.2, 0) is 14.1 Å². The highest BCUT2D eigenvalue weighted by Gasteiger charge is 2.31. The fourth-order valence-electron chi connectivity index (χ4n) is 3.86. The third-order valence-electron chi connectivity index (χ3n) is 5.25. The summed E-state index contributed by atoms with van der Waals surface area (Å²) in [7, 11) is 2.12. The van der Waals surface area contributed by atoms with Crippen LogP contribution >= 0.6 is 9.47 Å². The number of benzene rings is 2. The number of nitrogens with two attached hydrogens (primary N) is 1. The standard InChI is InChI=1S/C22H26N3O5P/c23-22(29)16-4-1-3-14-18(12-26)17-11-13(7-8-15(17)21(14)16)25-20(28)6-2-5-19(27)24-9-10-30-31/h1,3-4,7-8,11,18,26H,2,5-6,9-10,12,31H2,(H2,23,29)(H,24,27)(H,25,28). The molecule has 0 aliphatic heterocycles. The number of anilines is 1. The monoisotopic (exact) mass is 443 g/mol. The summed E-state index contributed by atoms with van der Waals surface area (Å²) >= 11 is 0. The van der Waals surface area contributed by atoms with Gasteiger partial charge in [0.2, 0.25) is 17.7 Å². The molecule has 2 aromatic carbocycles. The molecule has 1 aliphatic rings. The number of aliphatic hydroxyl groups excluding tert-OH is 1. The van der Waals surface area contributed by atoms with Gasteiger partial charge in [0.25, 0.3) is 0 Å². The first-order valence-electron chi connectivity index (χ1n) is 10.0. The maximum Gasteiger partial charge on any atom is 0.249 e. The summed E-state index contributed by atoms with van der Waals surface area (Å²) in [5.74, 6) is -1.14. The molecule has 1 aliphatic carbocycles. The molecule has 0 spiro atoms. The second-order valence-electron chi connectivity index (χ2n) is 7.29. The molecule has 0 saturated heterocycles. The molecule has 2 unspecified atom stereocenters. The molecule has 2 atom stereocenters. The van der Waals surface area contributed by atoms with Crippen LogP contribution in [0, 0.1) is 0 Å². The van der Waals surface area contributed by atoms with Crippen LogP contribution in [0.2, 0.25) is 0 Å². The molecule has 3 rings (SSSR count). The number of hydrogen-bond acceptors (Lipinski definition) is 5. The third kappa shape index (κ3) is 5.28. The molecule has 3 amide bonds. The second kappa shape index (κ2) is 10.5. The van der Waals surface area contributed by atoms with Gasteiger partial charge in [0.05, 0.1) is 13.2 Å². The molecule has 0 radical (unpaired) electrons. The van der Waals surface area contributed by atoms with Gasteiger partial charge in [0.15, 0.2) is 0 Å². The third-order valence-corrected chi connectivity index (χ3v) is 5.49. The van der Waals surface area contributed by atoms with E-state index < -0.39 is 5.91 Å². The minimum absolute atomic E-state index is 0.124. The zero-order chi connectivity index (χ0) is 22.4. The van der Waals surface area contributed by atoms with Gasteiger partial charge in [-0.2, -0.15) is 0 Å². The average molecular weight is 443 g/mol. The summed E-state index contributed by atoms with van der Waals surface area (Å²) in [5, 5.41) is 15.5. The predicted molar refractivity (Wildman–Crippen MR) is 120 cm³/mol. The van der Waals surface area contributed by atoms with Gasteiger partial charge >= 0.3 is 0 Å². The number of hydrogen-bond donors (Lipinski definition) is 4. The summed E-state index contributed by atoms with van der Waals surface area (Å²) in [6.07, 6.45) is 0.892. The molecular formula is C22H26N3O5P. The van der Waals surface area contributed by atoms with Crippen LogP contribution in [-0.4, -0.2) is 42.6 Å². The zero-order valence-corrected chi connectivity index (χ0v) is 18.2. The Morgan fingerprint density at radius 3 is 2.58 bits per heavy atom. The summed E-state index contributed by atoms with van der Waals surface area (Å²) in [6.45, 7) is 0.709. The van der Waals surface area contributed by atoms with E-state index >= 15 is 0 Å². The van der Waals surface area contributed by atoms with Gasteiger partial charge in [-0.1, -0.05) is 18.2 Å². The summed E-state index contributed by atoms with van der Waals surface area (Å²) < 4.78 is 4.79. The number of fused-ring (bicyclic) bond motifs is 3. The Labute approximate surface area is 182 Å². The highest BCUT2D eigenvalue weighted by molar-refractivity contribution is 7.09. The Kier molecular flexibility index (Phi) is 7.74. The normalized spacial score (nSPS) is 13.9. The lowest BCUT2D eigenvalue weighted by molar-refractivity contribution is -0.121. The molecule has 31 heavy (non-hydrogen) atoms. The van der Waals surface area contributed by atoms with E-state index in [1.54, 1.807) is 18.2 Å². The molecule has 0 heterocycles. The van der Waals surface area contributed by atoms with Crippen LogP contribution < -0.4 is 16.4 Å². The summed E-state index contributed by atoms with van der Waals surface area (Å²) in [6, 6.07) is 10.7. The van der Waals surface area contributed by atoms with E-state index in [0.29, 0.717) is 30.8 Å². The lowest BCUT2D eigenvalue weighted by atomic mass is 9.96. The number of amides is 3. The Morgan fingerprint density at radius 1 is 1.10 bits per heavy atom. The van der Waals surface area contributed by atoms with Crippen LogP contribution in [0.5, 0.6) is 0 Å². The Balaban J connectivity index is 1.66. The van der Waals surface area contributed by atoms with E-state index in [4.69, 9.17) is 10.3 Å². The van der Waals surface area contributed by atoms with E-state index in [0.717, 1.165) is 22.3 Å². The van der Waals surface area contributed by atoms with Crippen LogP contribution in [0.25, 0.3) is 11.1 Å². The molecular weight excluding hydrogens is 417 g/mol. The van der Waals surface area contributed by atoms with Crippen LogP contribution in [0.15, 0.2) is 36.4 Å². The first-order valence-corrected chi connectivity index (χ1v) is 10.5. The van der Waals surface area contributed by atoms with Gasteiger partial charge in [0, 0.05) is 46.0 Å². The van der Waals surface area contributed by atoms with Crippen molar-refractivity contribution in [2.45, 2.75) is 25.2 Å². The fraction of sp³-hybridized carbons (Fsp3) is 0.318. The van der Waals surface area contributed by atoms with Gasteiger partial charge in [0.1, 0.15) is 0 Å². The van der Waals surface area contributed by atoms with E-state index in [1.807, 2.05) is 18.2 Å². The van der Waals surface area contributed by atoms with Gasteiger partial charge < -0.3 is 26.0 Å². The maximum atomic E-state index is 12.3.